The normalized spacial score (nSPS) is 7.81. The third kappa shape index (κ3) is 6.42. The second-order valence-corrected chi connectivity index (χ2v) is 2.67. The van der Waals surface area contributed by atoms with Crippen LogP contribution in [0.2, 0.25) is 0 Å². The van der Waals surface area contributed by atoms with E-state index in [0.29, 0.717) is 21.1 Å². The van der Waals surface area contributed by atoms with E-state index in [0.717, 1.165) is 5.75 Å². The quantitative estimate of drug-likeness (QED) is 0.297. The summed E-state index contributed by atoms with van der Waals surface area (Å²) < 4.78 is 10.6. The molecule has 0 aliphatic rings. The Bertz CT molecular complexity index is 395. The second kappa shape index (κ2) is 9.51. The Morgan fingerprint density at radius 1 is 1.25 bits per heavy atom. The maximum absolute atomic E-state index is 7.54. The summed E-state index contributed by atoms with van der Waals surface area (Å²) in [4.78, 5) is 4.58. The van der Waals surface area contributed by atoms with E-state index in [-0.39, 0.29) is 0 Å². The summed E-state index contributed by atoms with van der Waals surface area (Å²) in [5.74, 6) is 0.734. The van der Waals surface area contributed by atoms with Gasteiger partial charge in [-0.2, -0.15) is 0 Å². The number of nitrogens with two attached hydrogens (primary N) is 1. The maximum atomic E-state index is 7.54. The van der Waals surface area contributed by atoms with Crippen molar-refractivity contribution in [2.24, 2.45) is 8.26 Å². The first-order valence-electron chi connectivity index (χ1n) is 3.80. The van der Waals surface area contributed by atoms with Gasteiger partial charge in [0, 0.05) is 0 Å². The number of anilines is 1. The van der Waals surface area contributed by atoms with Crippen LogP contribution in [0.1, 0.15) is 0 Å². The van der Waals surface area contributed by atoms with Gasteiger partial charge in [0.2, 0.25) is 0 Å². The van der Waals surface area contributed by atoms with E-state index in [4.69, 9.17) is 21.5 Å². The van der Waals surface area contributed by atoms with Crippen LogP contribution in [0.25, 0.3) is 20.9 Å². The molecule has 0 aromatic heterocycles. The number of hydrogen-bond acceptors (Lipinski definition) is 4. The molecule has 2 N–H and O–H groups in total. The Hall–Kier alpha value is -2.04. The SMILES string of the molecule is COc1ccccc1N.[N-]=[N+]=[N][Cu][N]=[N+]=[N-]. The number of azide groups is 1. The zero-order chi connectivity index (χ0) is 12.2. The van der Waals surface area contributed by atoms with Gasteiger partial charge in [-0.05, 0) is 12.1 Å². The van der Waals surface area contributed by atoms with Crippen molar-refractivity contribution in [2.45, 2.75) is 0 Å². The first-order valence-corrected chi connectivity index (χ1v) is 4.64. The fraction of sp³-hybridized carbons (Fsp3) is 0.143. The van der Waals surface area contributed by atoms with E-state index in [1.807, 2.05) is 18.2 Å². The summed E-state index contributed by atoms with van der Waals surface area (Å²) in [6.07, 6.45) is 0. The number of hydrogen-bond donors (Lipinski definition) is 1. The standard InChI is InChI=1S/C7H9NO.Cu.2N3/c1-9-7-5-3-2-4-6(7)8;;2*1-3-2/h2-5H,8H2,1H3;;;/q;+2;2*-1. The molecule has 8 nitrogen and oxygen atoms in total. The van der Waals surface area contributed by atoms with Crippen LogP contribution in [0.5, 0.6) is 5.75 Å². The minimum absolute atomic E-state index is 0.547. The number of benzene rings is 1. The molecule has 0 saturated heterocycles. The molecule has 0 heterocycles. The van der Waals surface area contributed by atoms with E-state index in [2.05, 4.69) is 18.1 Å². The van der Waals surface area contributed by atoms with Crippen molar-refractivity contribution < 1.29 is 20.1 Å². The Kier molecular flexibility index (Phi) is 8.30. The Morgan fingerprint density at radius 2 is 1.81 bits per heavy atom. The fourth-order valence-corrected chi connectivity index (χ4v) is 0.816. The summed E-state index contributed by atoms with van der Waals surface area (Å²) in [6, 6.07) is 7.39. The molecule has 9 heteroatoms. The Morgan fingerprint density at radius 3 is 2.19 bits per heavy atom. The van der Waals surface area contributed by atoms with Crippen LogP contribution in [0, 0.1) is 0 Å². The van der Waals surface area contributed by atoms with Crippen molar-refractivity contribution in [2.75, 3.05) is 12.8 Å². The van der Waals surface area contributed by atoms with Crippen LogP contribution < -0.4 is 10.5 Å². The predicted octanol–water partition coefficient (Wildman–Crippen LogP) is 2.80. The average molecular weight is 271 g/mol. The summed E-state index contributed by atoms with van der Waals surface area (Å²) >= 11 is 0.547. The van der Waals surface area contributed by atoms with E-state index in [9.17, 15) is 0 Å². The molecule has 0 saturated carbocycles. The summed E-state index contributed by atoms with van der Waals surface area (Å²) in [7, 11) is 1.60. The van der Waals surface area contributed by atoms with Gasteiger partial charge in [0.1, 0.15) is 5.75 Å². The van der Waals surface area contributed by atoms with Crippen molar-refractivity contribution in [3.05, 3.63) is 45.2 Å². The first-order chi connectivity index (χ1) is 7.76. The van der Waals surface area contributed by atoms with Crippen LogP contribution in [-0.4, -0.2) is 7.11 Å². The second-order valence-electron chi connectivity index (χ2n) is 2.10. The van der Waals surface area contributed by atoms with E-state index < -0.39 is 0 Å². The predicted molar refractivity (Wildman–Crippen MR) is 55.7 cm³/mol. The summed E-state index contributed by atoms with van der Waals surface area (Å²) in [5.41, 5.74) is 21.3. The van der Waals surface area contributed by atoms with Gasteiger partial charge in [-0.3, -0.25) is 0 Å². The van der Waals surface area contributed by atoms with Crippen molar-refractivity contribution in [3.8, 4) is 5.75 Å². The number of nitrogen functional groups attached to an aromatic ring is 1. The van der Waals surface area contributed by atoms with Gasteiger partial charge in [0.05, 0.1) is 12.8 Å². The van der Waals surface area contributed by atoms with Gasteiger partial charge in [-0.15, -0.1) is 0 Å². The molecular formula is C7H9CuN7O. The van der Waals surface area contributed by atoms with Gasteiger partial charge >= 0.3 is 44.5 Å². The Labute approximate surface area is 98.2 Å². The van der Waals surface area contributed by atoms with Crippen LogP contribution in [-0.2, 0) is 15.4 Å². The molecule has 0 fully saturated rings. The molecule has 0 aliphatic heterocycles. The van der Waals surface area contributed by atoms with Crippen molar-refractivity contribution in [3.63, 3.8) is 0 Å². The topological polar surface area (TPSA) is 133 Å². The van der Waals surface area contributed by atoms with Gasteiger partial charge in [0.15, 0.2) is 0 Å². The fourth-order valence-electron chi connectivity index (χ4n) is 0.703. The van der Waals surface area contributed by atoms with Crippen molar-refractivity contribution in [1.29, 1.82) is 0 Å². The van der Waals surface area contributed by atoms with E-state index >= 15 is 0 Å². The molecule has 0 spiro atoms. The van der Waals surface area contributed by atoms with Crippen LogP contribution >= 0.6 is 0 Å². The number of rotatable bonds is 3. The van der Waals surface area contributed by atoms with Crippen LogP contribution in [0.4, 0.5) is 5.69 Å². The van der Waals surface area contributed by atoms with Gasteiger partial charge in [0.25, 0.3) is 0 Å². The molecule has 0 atom stereocenters. The van der Waals surface area contributed by atoms with Gasteiger partial charge < -0.3 is 10.5 Å². The zero-order valence-electron chi connectivity index (χ0n) is 8.28. The molecule has 0 bridgehead atoms. The summed E-state index contributed by atoms with van der Waals surface area (Å²) in [5, 5.41) is 0. The molecule has 16 heavy (non-hydrogen) atoms. The number of para-hydroxylation sites is 2. The molecule has 0 radical (unpaired) electrons. The molecule has 1 aromatic carbocycles. The molecule has 0 unspecified atom stereocenters. The average Bonchev–Trinajstić information content (AvgIpc) is 2.31. The molecule has 0 aliphatic carbocycles. The number of ether oxygens (including phenoxy) is 1. The summed E-state index contributed by atoms with van der Waals surface area (Å²) in [6.45, 7) is 0. The molecular weight excluding hydrogens is 262 g/mol. The third-order valence-corrected chi connectivity index (χ3v) is 1.58. The van der Waals surface area contributed by atoms with E-state index in [1.165, 1.54) is 0 Å². The first kappa shape index (κ1) is 14.0. The monoisotopic (exact) mass is 270 g/mol. The van der Waals surface area contributed by atoms with Crippen molar-refractivity contribution >= 4 is 5.69 Å². The third-order valence-electron chi connectivity index (χ3n) is 1.25. The molecule has 1 rings (SSSR count). The minimum atomic E-state index is 0.547. The molecule has 1 aromatic rings. The molecule has 89 valence electrons. The van der Waals surface area contributed by atoms with Gasteiger partial charge in [-0.25, -0.2) is 0 Å². The van der Waals surface area contributed by atoms with Gasteiger partial charge in [-0.1, -0.05) is 12.1 Å². The van der Waals surface area contributed by atoms with Crippen LogP contribution in [0.3, 0.4) is 0 Å². The van der Waals surface area contributed by atoms with Crippen molar-refractivity contribution in [1.82, 2.24) is 0 Å². The molecule has 0 amide bonds. The van der Waals surface area contributed by atoms with Crippen LogP contribution in [0.15, 0.2) is 32.5 Å². The zero-order valence-corrected chi connectivity index (χ0v) is 9.22. The van der Waals surface area contributed by atoms with E-state index in [1.54, 1.807) is 13.2 Å². The number of nitrogens with zero attached hydrogens (tertiary/aromatic N) is 6. The Balaban J connectivity index is 0.000000293. The number of methoxy groups -OCH3 is 1.